The fourth-order valence-corrected chi connectivity index (χ4v) is 3.16. The summed E-state index contributed by atoms with van der Waals surface area (Å²) in [5.41, 5.74) is 0. The summed E-state index contributed by atoms with van der Waals surface area (Å²) in [6, 6.07) is 5.04. The zero-order valence-corrected chi connectivity index (χ0v) is 11.1. The summed E-state index contributed by atoms with van der Waals surface area (Å²) in [6.45, 7) is 5.98. The minimum absolute atomic E-state index is 0.652. The highest BCUT2D eigenvalue weighted by atomic mass is 32.1. The van der Waals surface area contributed by atoms with Crippen molar-refractivity contribution in [2.24, 2.45) is 5.92 Å². The van der Waals surface area contributed by atoms with Crippen LogP contribution in [0.5, 0.6) is 0 Å². The van der Waals surface area contributed by atoms with Crippen LogP contribution in [0.1, 0.15) is 18.2 Å². The lowest BCUT2D eigenvalue weighted by molar-refractivity contribution is 0.223. The SMILES string of the molecule is CC(Cc1cccs1)N(C)CC1CCNC1. The van der Waals surface area contributed by atoms with Crippen LogP contribution < -0.4 is 5.32 Å². The number of hydrogen-bond donors (Lipinski definition) is 1. The highest BCUT2D eigenvalue weighted by Gasteiger charge is 2.19. The summed E-state index contributed by atoms with van der Waals surface area (Å²) in [5, 5.41) is 5.61. The van der Waals surface area contributed by atoms with Crippen molar-refractivity contribution in [1.82, 2.24) is 10.2 Å². The molecule has 16 heavy (non-hydrogen) atoms. The first kappa shape index (κ1) is 12.1. The maximum Gasteiger partial charge on any atom is 0.0112 e. The van der Waals surface area contributed by atoms with Crippen molar-refractivity contribution < 1.29 is 0 Å². The molecule has 0 bridgehead atoms. The van der Waals surface area contributed by atoms with E-state index in [4.69, 9.17) is 0 Å². The normalized spacial score (nSPS) is 22.8. The molecule has 2 heterocycles. The molecule has 2 rings (SSSR count). The van der Waals surface area contributed by atoms with E-state index in [9.17, 15) is 0 Å². The van der Waals surface area contributed by atoms with Crippen LogP contribution in [0.3, 0.4) is 0 Å². The molecule has 3 heteroatoms. The Labute approximate surface area is 103 Å². The van der Waals surface area contributed by atoms with Crippen LogP contribution in [-0.2, 0) is 6.42 Å². The largest absolute Gasteiger partial charge is 0.316 e. The van der Waals surface area contributed by atoms with Crippen molar-refractivity contribution >= 4 is 11.3 Å². The first-order valence-electron chi connectivity index (χ1n) is 6.19. The number of nitrogens with zero attached hydrogens (tertiary/aromatic N) is 1. The summed E-state index contributed by atoms with van der Waals surface area (Å²) >= 11 is 1.87. The molecule has 0 radical (unpaired) electrons. The molecule has 1 N–H and O–H groups in total. The van der Waals surface area contributed by atoms with Gasteiger partial charge in [-0.2, -0.15) is 0 Å². The predicted molar refractivity (Wildman–Crippen MR) is 71.1 cm³/mol. The van der Waals surface area contributed by atoms with Crippen LogP contribution in [0, 0.1) is 5.92 Å². The molecule has 2 nitrogen and oxygen atoms in total. The van der Waals surface area contributed by atoms with Gasteiger partial charge in [-0.3, -0.25) is 0 Å². The second-order valence-corrected chi connectivity index (χ2v) is 5.96. The van der Waals surface area contributed by atoms with Gasteiger partial charge in [-0.15, -0.1) is 11.3 Å². The van der Waals surface area contributed by atoms with Gasteiger partial charge < -0.3 is 10.2 Å². The Balaban J connectivity index is 1.77. The van der Waals surface area contributed by atoms with Gasteiger partial charge in [0.2, 0.25) is 0 Å². The smallest absolute Gasteiger partial charge is 0.0112 e. The van der Waals surface area contributed by atoms with Gasteiger partial charge in [-0.1, -0.05) is 6.07 Å². The highest BCUT2D eigenvalue weighted by Crippen LogP contribution is 2.16. The molecule has 2 atom stereocenters. The second-order valence-electron chi connectivity index (χ2n) is 4.93. The maximum absolute atomic E-state index is 3.44. The summed E-state index contributed by atoms with van der Waals surface area (Å²) < 4.78 is 0. The predicted octanol–water partition coefficient (Wildman–Crippen LogP) is 2.22. The van der Waals surface area contributed by atoms with Crippen molar-refractivity contribution in [3.8, 4) is 0 Å². The minimum atomic E-state index is 0.652. The van der Waals surface area contributed by atoms with Crippen LogP contribution in [0.2, 0.25) is 0 Å². The van der Waals surface area contributed by atoms with E-state index < -0.39 is 0 Å². The third-order valence-electron chi connectivity index (χ3n) is 3.54. The summed E-state index contributed by atoms with van der Waals surface area (Å²) in [4.78, 5) is 4.01. The van der Waals surface area contributed by atoms with Crippen LogP contribution >= 0.6 is 11.3 Å². The summed E-state index contributed by atoms with van der Waals surface area (Å²) in [5.74, 6) is 0.857. The number of likely N-dealkylation sites (N-methyl/N-ethyl adjacent to an activating group) is 1. The number of hydrogen-bond acceptors (Lipinski definition) is 3. The van der Waals surface area contributed by atoms with E-state index in [-0.39, 0.29) is 0 Å². The van der Waals surface area contributed by atoms with Crippen LogP contribution in [-0.4, -0.2) is 37.6 Å². The fraction of sp³-hybridized carbons (Fsp3) is 0.692. The molecule has 2 unspecified atom stereocenters. The maximum atomic E-state index is 3.44. The average Bonchev–Trinajstić information content (AvgIpc) is 2.90. The Morgan fingerprint density at radius 2 is 2.50 bits per heavy atom. The van der Waals surface area contributed by atoms with Crippen molar-refractivity contribution in [3.05, 3.63) is 22.4 Å². The van der Waals surface area contributed by atoms with E-state index in [0.29, 0.717) is 6.04 Å². The first-order valence-corrected chi connectivity index (χ1v) is 7.07. The molecule has 1 aromatic heterocycles. The zero-order chi connectivity index (χ0) is 11.4. The molecule has 0 spiro atoms. The number of thiophene rings is 1. The minimum Gasteiger partial charge on any atom is -0.316 e. The van der Waals surface area contributed by atoms with Crippen molar-refractivity contribution in [3.63, 3.8) is 0 Å². The Kier molecular flexibility index (Phi) is 4.38. The van der Waals surface area contributed by atoms with Crippen LogP contribution in [0.4, 0.5) is 0 Å². The Morgan fingerprint density at radius 1 is 1.62 bits per heavy atom. The molecule has 1 aliphatic rings. The van der Waals surface area contributed by atoms with E-state index >= 15 is 0 Å². The third kappa shape index (κ3) is 3.30. The van der Waals surface area contributed by atoms with Crippen molar-refractivity contribution in [2.45, 2.75) is 25.8 Å². The van der Waals surface area contributed by atoms with Crippen molar-refractivity contribution in [1.29, 1.82) is 0 Å². The zero-order valence-electron chi connectivity index (χ0n) is 10.3. The van der Waals surface area contributed by atoms with E-state index in [2.05, 4.69) is 41.7 Å². The van der Waals surface area contributed by atoms with Gasteiger partial charge in [0, 0.05) is 17.5 Å². The number of rotatable bonds is 5. The quantitative estimate of drug-likeness (QED) is 0.846. The molecular formula is C13H22N2S. The first-order chi connectivity index (χ1) is 7.75. The van der Waals surface area contributed by atoms with Gasteiger partial charge in [0.15, 0.2) is 0 Å². The van der Waals surface area contributed by atoms with Crippen LogP contribution in [0.25, 0.3) is 0 Å². The van der Waals surface area contributed by atoms with Crippen LogP contribution in [0.15, 0.2) is 17.5 Å². The molecule has 90 valence electrons. The van der Waals surface area contributed by atoms with E-state index in [1.54, 1.807) is 0 Å². The van der Waals surface area contributed by atoms with Gasteiger partial charge in [0.25, 0.3) is 0 Å². The third-order valence-corrected chi connectivity index (χ3v) is 4.44. The fourth-order valence-electron chi connectivity index (χ4n) is 2.33. The molecule has 1 saturated heterocycles. The molecular weight excluding hydrogens is 216 g/mol. The highest BCUT2D eigenvalue weighted by molar-refractivity contribution is 7.09. The lowest BCUT2D eigenvalue weighted by Gasteiger charge is -2.26. The topological polar surface area (TPSA) is 15.3 Å². The Hall–Kier alpha value is -0.380. The van der Waals surface area contributed by atoms with Gasteiger partial charge in [-0.05, 0) is 57.3 Å². The summed E-state index contributed by atoms with van der Waals surface area (Å²) in [6.07, 6.45) is 2.53. The van der Waals surface area contributed by atoms with E-state index in [1.165, 1.54) is 37.4 Å². The van der Waals surface area contributed by atoms with Gasteiger partial charge in [0.1, 0.15) is 0 Å². The molecule has 0 saturated carbocycles. The Bertz CT molecular complexity index is 291. The van der Waals surface area contributed by atoms with E-state index in [1.807, 2.05) is 11.3 Å². The molecule has 1 aliphatic heterocycles. The van der Waals surface area contributed by atoms with Gasteiger partial charge in [0.05, 0.1) is 0 Å². The lowest BCUT2D eigenvalue weighted by atomic mass is 10.1. The molecule has 0 amide bonds. The number of nitrogens with one attached hydrogen (secondary N) is 1. The average molecular weight is 238 g/mol. The molecule has 1 aromatic rings. The van der Waals surface area contributed by atoms with E-state index in [0.717, 1.165) is 5.92 Å². The lowest BCUT2D eigenvalue weighted by Crippen LogP contribution is -2.35. The van der Waals surface area contributed by atoms with Crippen molar-refractivity contribution in [2.75, 3.05) is 26.7 Å². The molecule has 0 aromatic carbocycles. The summed E-state index contributed by atoms with van der Waals surface area (Å²) in [7, 11) is 2.26. The second kappa shape index (κ2) is 5.80. The molecule has 0 aliphatic carbocycles. The standard InChI is InChI=1S/C13H22N2S/c1-11(8-13-4-3-7-16-13)15(2)10-12-5-6-14-9-12/h3-4,7,11-12,14H,5-6,8-10H2,1-2H3. The van der Waals surface area contributed by atoms with Gasteiger partial charge >= 0.3 is 0 Å². The Morgan fingerprint density at radius 3 is 3.12 bits per heavy atom. The molecule has 1 fully saturated rings. The van der Waals surface area contributed by atoms with Gasteiger partial charge in [-0.25, -0.2) is 0 Å². The monoisotopic (exact) mass is 238 g/mol.